The summed E-state index contributed by atoms with van der Waals surface area (Å²) in [7, 11) is 1.49. The van der Waals surface area contributed by atoms with Gasteiger partial charge < -0.3 is 34.3 Å². The highest BCUT2D eigenvalue weighted by atomic mass is 19.4. The second-order valence-corrected chi connectivity index (χ2v) is 8.93. The third-order valence-electron chi connectivity index (χ3n) is 5.76. The van der Waals surface area contributed by atoms with Crippen LogP contribution in [0.1, 0.15) is 30.9 Å². The van der Waals surface area contributed by atoms with Gasteiger partial charge in [0.2, 0.25) is 0 Å². The monoisotopic (exact) mass is 570 g/mol. The number of urea groups is 1. The summed E-state index contributed by atoms with van der Waals surface area (Å²) >= 11 is 0. The van der Waals surface area contributed by atoms with Crippen molar-refractivity contribution in [3.63, 3.8) is 0 Å². The molecule has 2 amide bonds. The van der Waals surface area contributed by atoms with Crippen LogP contribution in [0.3, 0.4) is 0 Å². The van der Waals surface area contributed by atoms with Crippen molar-refractivity contribution in [3.8, 4) is 11.5 Å². The highest BCUT2D eigenvalue weighted by Gasteiger charge is 2.26. The first-order chi connectivity index (χ1) is 19.0. The smallest absolute Gasteiger partial charge is 0.389 e. The summed E-state index contributed by atoms with van der Waals surface area (Å²) in [5.74, 6) is -0.0302. The number of anilines is 1. The molecule has 2 rings (SSSR count). The van der Waals surface area contributed by atoms with E-state index in [1.807, 2.05) is 13.0 Å². The van der Waals surface area contributed by atoms with Crippen LogP contribution in [-0.4, -0.2) is 80.9 Å². The van der Waals surface area contributed by atoms with E-state index < -0.39 is 30.7 Å². The largest absolute Gasteiger partial charge is 0.495 e. The van der Waals surface area contributed by atoms with E-state index in [0.29, 0.717) is 17.2 Å². The molecule has 0 heterocycles. The number of hydrogen-bond acceptors (Lipinski definition) is 6. The topological polar surface area (TPSA) is 107 Å². The number of aliphatic carboxylic acids is 1. The molecule has 0 aromatic heterocycles. The minimum Gasteiger partial charge on any atom is -0.495 e. The Balaban J connectivity index is 1.96. The van der Waals surface area contributed by atoms with Gasteiger partial charge in [0.05, 0.1) is 25.9 Å². The van der Waals surface area contributed by atoms with E-state index in [4.69, 9.17) is 18.9 Å². The fourth-order valence-corrected chi connectivity index (χ4v) is 3.71. The van der Waals surface area contributed by atoms with Crippen LogP contribution in [0.5, 0.6) is 11.5 Å². The van der Waals surface area contributed by atoms with Crippen molar-refractivity contribution in [1.29, 1.82) is 0 Å². The highest BCUT2D eigenvalue weighted by molar-refractivity contribution is 5.91. The zero-order valence-corrected chi connectivity index (χ0v) is 23.0. The van der Waals surface area contributed by atoms with Crippen molar-refractivity contribution in [1.82, 2.24) is 4.90 Å². The summed E-state index contributed by atoms with van der Waals surface area (Å²) in [5.41, 5.74) is 2.16. The predicted molar refractivity (Wildman–Crippen MR) is 143 cm³/mol. The van der Waals surface area contributed by atoms with E-state index in [2.05, 4.69) is 5.32 Å². The van der Waals surface area contributed by atoms with Crippen molar-refractivity contribution in [2.24, 2.45) is 0 Å². The molecular weight excluding hydrogens is 533 g/mol. The summed E-state index contributed by atoms with van der Waals surface area (Å²) in [4.78, 5) is 25.8. The molecule has 0 saturated carbocycles. The summed E-state index contributed by atoms with van der Waals surface area (Å²) in [5, 5.41) is 12.1. The summed E-state index contributed by atoms with van der Waals surface area (Å²) in [6.07, 6.45) is -6.06. The number of methoxy groups -OCH3 is 1. The Bertz CT molecular complexity index is 1060. The van der Waals surface area contributed by atoms with Gasteiger partial charge in [-0.25, -0.2) is 9.59 Å². The summed E-state index contributed by atoms with van der Waals surface area (Å²) in [6, 6.07) is 11.8. The molecule has 0 spiro atoms. The van der Waals surface area contributed by atoms with Gasteiger partial charge in [-0.2, -0.15) is 13.2 Å². The van der Waals surface area contributed by atoms with E-state index >= 15 is 0 Å². The lowest BCUT2D eigenvalue weighted by Gasteiger charge is -2.24. The molecule has 2 aromatic carbocycles. The van der Waals surface area contributed by atoms with E-state index in [9.17, 15) is 27.9 Å². The quantitative estimate of drug-likeness (QED) is 0.248. The molecule has 0 radical (unpaired) electrons. The summed E-state index contributed by atoms with van der Waals surface area (Å²) < 4.78 is 58.7. The van der Waals surface area contributed by atoms with Gasteiger partial charge >= 0.3 is 18.2 Å². The van der Waals surface area contributed by atoms with Gasteiger partial charge in [-0.15, -0.1) is 0 Å². The Hall–Kier alpha value is -3.51. The molecule has 12 heteroatoms. The Kier molecular flexibility index (Phi) is 13.5. The highest BCUT2D eigenvalue weighted by Crippen LogP contribution is 2.25. The molecule has 0 fully saturated rings. The van der Waals surface area contributed by atoms with Gasteiger partial charge in [0.15, 0.2) is 6.10 Å². The zero-order chi connectivity index (χ0) is 29.5. The fraction of sp³-hybridized carbons (Fsp3) is 0.500. The van der Waals surface area contributed by atoms with Gasteiger partial charge in [0.25, 0.3) is 0 Å². The van der Waals surface area contributed by atoms with Crippen LogP contribution in [0.2, 0.25) is 0 Å². The first-order valence-corrected chi connectivity index (χ1v) is 12.9. The van der Waals surface area contributed by atoms with Crippen LogP contribution >= 0.6 is 0 Å². The van der Waals surface area contributed by atoms with Crippen LogP contribution in [0.4, 0.5) is 23.7 Å². The van der Waals surface area contributed by atoms with Crippen molar-refractivity contribution in [2.45, 2.75) is 45.4 Å². The number of amides is 2. The van der Waals surface area contributed by atoms with Crippen LogP contribution in [0, 0.1) is 6.92 Å². The molecule has 0 saturated heterocycles. The lowest BCUT2D eigenvalue weighted by molar-refractivity contribution is -0.150. The second kappa shape index (κ2) is 16.6. The molecule has 0 aliphatic carbocycles. The van der Waals surface area contributed by atoms with E-state index in [1.165, 1.54) is 12.0 Å². The molecule has 1 unspecified atom stereocenters. The lowest BCUT2D eigenvalue weighted by Crippen LogP contribution is -2.40. The molecule has 2 N–H and O–H groups in total. The van der Waals surface area contributed by atoms with Gasteiger partial charge in [0, 0.05) is 32.6 Å². The molecule has 9 nitrogen and oxygen atoms in total. The number of benzene rings is 2. The number of carbonyl (C=O) groups is 2. The molecule has 0 aliphatic rings. The SMILES string of the molecule is CCOC(Cc1ccc(OCCN(CCOCCCC(F)(F)F)C(=O)Nc2cc(C)ccc2OC)cc1)C(=O)O. The number of carboxylic acids is 1. The number of alkyl halides is 3. The van der Waals surface area contributed by atoms with Gasteiger partial charge in [-0.3, -0.25) is 0 Å². The number of nitrogens with zero attached hydrogens (tertiary/aromatic N) is 1. The number of nitrogens with one attached hydrogen (secondary N) is 1. The Morgan fingerprint density at radius 3 is 2.38 bits per heavy atom. The maximum atomic E-state index is 13.1. The number of halogens is 3. The minimum absolute atomic E-state index is 0.0511. The molecule has 0 bridgehead atoms. The van der Waals surface area contributed by atoms with Crippen LogP contribution < -0.4 is 14.8 Å². The first-order valence-electron chi connectivity index (χ1n) is 12.9. The number of carbonyl (C=O) groups excluding carboxylic acids is 1. The van der Waals surface area contributed by atoms with Crippen molar-refractivity contribution >= 4 is 17.7 Å². The Morgan fingerprint density at radius 2 is 1.75 bits per heavy atom. The number of carboxylic acid groups (broad SMARTS) is 1. The molecule has 2 aromatic rings. The maximum Gasteiger partial charge on any atom is 0.389 e. The van der Waals surface area contributed by atoms with E-state index in [-0.39, 0.29) is 52.4 Å². The average molecular weight is 571 g/mol. The number of ether oxygens (including phenoxy) is 4. The van der Waals surface area contributed by atoms with Crippen molar-refractivity contribution < 1.29 is 46.8 Å². The normalized spacial score (nSPS) is 12.1. The molecule has 0 aliphatic heterocycles. The standard InChI is InChI=1S/C28H37F3N2O7/c1-4-39-25(26(34)35)19-21-7-9-22(10-8-21)40-17-14-33(13-16-38-15-5-12-28(29,30)31)27(36)32-23-18-20(2)6-11-24(23)37-3/h6-11,18,25H,4-5,12-17,19H2,1-3H3,(H,32,36)(H,34,35). The van der Waals surface area contributed by atoms with Crippen molar-refractivity contribution in [2.75, 3.05) is 51.9 Å². The molecule has 40 heavy (non-hydrogen) atoms. The van der Waals surface area contributed by atoms with Gasteiger partial charge in [-0.05, 0) is 55.7 Å². The third-order valence-corrected chi connectivity index (χ3v) is 5.76. The van der Waals surface area contributed by atoms with E-state index in [0.717, 1.165) is 11.1 Å². The number of rotatable bonds is 17. The van der Waals surface area contributed by atoms with E-state index in [1.54, 1.807) is 43.3 Å². The molecule has 1 atom stereocenters. The Morgan fingerprint density at radius 1 is 1.05 bits per heavy atom. The second-order valence-electron chi connectivity index (χ2n) is 8.93. The Labute approximate surface area is 232 Å². The first kappa shape index (κ1) is 32.7. The number of aryl methyl sites for hydroxylation is 1. The number of hydrogen-bond donors (Lipinski definition) is 2. The zero-order valence-electron chi connectivity index (χ0n) is 23.0. The van der Waals surface area contributed by atoms with Gasteiger partial charge in [-0.1, -0.05) is 18.2 Å². The molecular formula is C28H37F3N2O7. The lowest BCUT2D eigenvalue weighted by atomic mass is 10.1. The third kappa shape index (κ3) is 12.1. The average Bonchev–Trinajstić information content (AvgIpc) is 2.89. The van der Waals surface area contributed by atoms with Crippen molar-refractivity contribution in [3.05, 3.63) is 53.6 Å². The predicted octanol–water partition coefficient (Wildman–Crippen LogP) is 5.31. The van der Waals surface area contributed by atoms with Gasteiger partial charge in [0.1, 0.15) is 18.1 Å². The fourth-order valence-electron chi connectivity index (χ4n) is 3.71. The van der Waals surface area contributed by atoms with Crippen LogP contribution in [0.25, 0.3) is 0 Å². The maximum absolute atomic E-state index is 13.1. The van der Waals surface area contributed by atoms with Crippen LogP contribution in [0.15, 0.2) is 42.5 Å². The van der Waals surface area contributed by atoms with Crippen LogP contribution in [-0.2, 0) is 20.7 Å². The minimum atomic E-state index is -4.24. The molecule has 222 valence electrons. The summed E-state index contributed by atoms with van der Waals surface area (Å²) in [6.45, 7) is 4.29.